The number of para-hydroxylation sites is 1. The summed E-state index contributed by atoms with van der Waals surface area (Å²) in [5.74, 6) is 3.12. The number of hydrogen-bond acceptors (Lipinski definition) is 5. The molecule has 0 amide bonds. The Kier molecular flexibility index (Phi) is 4.04. The number of benzene rings is 2. The standard InChI is InChI=1S/C20H17N3O2/c1-24-15-10-8-14(9-11-15)19-22-18-7-3-2-6-17(18)20(23-19)21-13-16-5-4-12-25-16/h2-12H,13H2,1H3,(H,21,22,23). The fraction of sp³-hybridized carbons (Fsp3) is 0.100. The van der Waals surface area contributed by atoms with E-state index in [0.717, 1.165) is 33.8 Å². The summed E-state index contributed by atoms with van der Waals surface area (Å²) in [7, 11) is 1.65. The van der Waals surface area contributed by atoms with E-state index in [4.69, 9.17) is 19.1 Å². The minimum Gasteiger partial charge on any atom is -0.497 e. The summed E-state index contributed by atoms with van der Waals surface area (Å²) >= 11 is 0. The van der Waals surface area contributed by atoms with E-state index in [2.05, 4.69) is 5.32 Å². The van der Waals surface area contributed by atoms with Crippen molar-refractivity contribution in [2.75, 3.05) is 12.4 Å². The molecular formula is C20H17N3O2. The van der Waals surface area contributed by atoms with Crippen molar-refractivity contribution in [1.29, 1.82) is 0 Å². The number of nitrogens with one attached hydrogen (secondary N) is 1. The van der Waals surface area contributed by atoms with Gasteiger partial charge < -0.3 is 14.5 Å². The van der Waals surface area contributed by atoms with Gasteiger partial charge in [-0.2, -0.15) is 0 Å². The Balaban J connectivity index is 1.74. The molecule has 0 saturated heterocycles. The van der Waals surface area contributed by atoms with E-state index in [9.17, 15) is 0 Å². The fourth-order valence-electron chi connectivity index (χ4n) is 2.66. The van der Waals surface area contributed by atoms with E-state index in [-0.39, 0.29) is 0 Å². The van der Waals surface area contributed by atoms with Crippen LogP contribution < -0.4 is 10.1 Å². The number of furan rings is 1. The minimum absolute atomic E-state index is 0.566. The Hall–Kier alpha value is -3.34. The largest absolute Gasteiger partial charge is 0.497 e. The summed E-state index contributed by atoms with van der Waals surface area (Å²) in [6.07, 6.45) is 1.66. The highest BCUT2D eigenvalue weighted by Crippen LogP contribution is 2.26. The number of hydrogen-bond donors (Lipinski definition) is 1. The molecule has 0 aliphatic carbocycles. The van der Waals surface area contributed by atoms with Crippen LogP contribution in [0.1, 0.15) is 5.76 Å². The van der Waals surface area contributed by atoms with Crippen LogP contribution in [0.4, 0.5) is 5.82 Å². The smallest absolute Gasteiger partial charge is 0.162 e. The first-order valence-electron chi connectivity index (χ1n) is 8.01. The van der Waals surface area contributed by atoms with Gasteiger partial charge in [-0.3, -0.25) is 0 Å². The van der Waals surface area contributed by atoms with Gasteiger partial charge in [-0.15, -0.1) is 0 Å². The van der Waals surface area contributed by atoms with Crippen LogP contribution in [0, 0.1) is 0 Å². The van der Waals surface area contributed by atoms with Crippen molar-refractivity contribution in [3.8, 4) is 17.1 Å². The van der Waals surface area contributed by atoms with Crippen LogP contribution in [0.2, 0.25) is 0 Å². The second-order valence-corrected chi connectivity index (χ2v) is 5.57. The number of ether oxygens (including phenoxy) is 1. The van der Waals surface area contributed by atoms with Gasteiger partial charge in [0.2, 0.25) is 0 Å². The Morgan fingerprint density at radius 1 is 0.960 bits per heavy atom. The molecule has 4 aromatic rings. The Labute approximate surface area is 145 Å². The third kappa shape index (κ3) is 3.17. The van der Waals surface area contributed by atoms with Gasteiger partial charge in [0.15, 0.2) is 5.82 Å². The van der Waals surface area contributed by atoms with E-state index >= 15 is 0 Å². The minimum atomic E-state index is 0.566. The predicted octanol–water partition coefficient (Wildman–Crippen LogP) is 4.51. The quantitative estimate of drug-likeness (QED) is 0.583. The number of aromatic nitrogens is 2. The van der Waals surface area contributed by atoms with Gasteiger partial charge in [-0.25, -0.2) is 9.97 Å². The van der Waals surface area contributed by atoms with Crippen LogP contribution in [-0.2, 0) is 6.54 Å². The first-order chi connectivity index (χ1) is 12.3. The average Bonchev–Trinajstić information content (AvgIpc) is 3.19. The summed E-state index contributed by atoms with van der Waals surface area (Å²) in [4.78, 5) is 9.41. The number of rotatable bonds is 5. The second-order valence-electron chi connectivity index (χ2n) is 5.57. The summed E-state index contributed by atoms with van der Waals surface area (Å²) < 4.78 is 10.6. The van der Waals surface area contributed by atoms with Gasteiger partial charge in [-0.1, -0.05) is 12.1 Å². The van der Waals surface area contributed by atoms with Gasteiger partial charge in [0.05, 0.1) is 25.4 Å². The molecule has 1 N–H and O–H groups in total. The van der Waals surface area contributed by atoms with Crippen molar-refractivity contribution < 1.29 is 9.15 Å². The van der Waals surface area contributed by atoms with Crippen LogP contribution in [-0.4, -0.2) is 17.1 Å². The van der Waals surface area contributed by atoms with E-state index in [0.29, 0.717) is 12.4 Å². The molecule has 4 rings (SSSR count). The molecule has 0 radical (unpaired) electrons. The van der Waals surface area contributed by atoms with Crippen molar-refractivity contribution in [2.45, 2.75) is 6.54 Å². The molecule has 25 heavy (non-hydrogen) atoms. The van der Waals surface area contributed by atoms with Crippen molar-refractivity contribution in [2.24, 2.45) is 0 Å². The third-order valence-electron chi connectivity index (χ3n) is 3.96. The summed E-state index contributed by atoms with van der Waals surface area (Å²) in [6.45, 7) is 0.566. The van der Waals surface area contributed by atoms with Crippen molar-refractivity contribution >= 4 is 16.7 Å². The van der Waals surface area contributed by atoms with E-state index in [1.54, 1.807) is 13.4 Å². The number of methoxy groups -OCH3 is 1. The molecule has 0 atom stereocenters. The molecule has 2 aromatic heterocycles. The van der Waals surface area contributed by atoms with Crippen molar-refractivity contribution in [3.63, 3.8) is 0 Å². The molecule has 0 aliphatic rings. The first-order valence-corrected chi connectivity index (χ1v) is 8.01. The topological polar surface area (TPSA) is 60.2 Å². The molecule has 2 aromatic carbocycles. The van der Waals surface area contributed by atoms with Crippen LogP contribution in [0.15, 0.2) is 71.3 Å². The molecule has 5 nitrogen and oxygen atoms in total. The maximum Gasteiger partial charge on any atom is 0.162 e. The lowest BCUT2D eigenvalue weighted by Crippen LogP contribution is -2.03. The molecule has 0 spiro atoms. The molecule has 0 aliphatic heterocycles. The van der Waals surface area contributed by atoms with Crippen LogP contribution in [0.3, 0.4) is 0 Å². The van der Waals surface area contributed by atoms with Gasteiger partial charge in [0.1, 0.15) is 17.3 Å². The zero-order valence-corrected chi connectivity index (χ0v) is 13.8. The maximum atomic E-state index is 5.39. The fourth-order valence-corrected chi connectivity index (χ4v) is 2.66. The molecule has 124 valence electrons. The molecule has 0 bridgehead atoms. The van der Waals surface area contributed by atoms with Gasteiger partial charge in [0.25, 0.3) is 0 Å². The second kappa shape index (κ2) is 6.65. The highest BCUT2D eigenvalue weighted by Gasteiger charge is 2.10. The predicted molar refractivity (Wildman–Crippen MR) is 97.6 cm³/mol. The lowest BCUT2D eigenvalue weighted by Gasteiger charge is -2.10. The Morgan fingerprint density at radius 2 is 1.80 bits per heavy atom. The maximum absolute atomic E-state index is 5.39. The van der Waals surface area contributed by atoms with E-state index < -0.39 is 0 Å². The molecule has 5 heteroatoms. The number of fused-ring (bicyclic) bond motifs is 1. The monoisotopic (exact) mass is 331 g/mol. The van der Waals surface area contributed by atoms with Crippen molar-refractivity contribution in [3.05, 3.63) is 72.7 Å². The Morgan fingerprint density at radius 3 is 2.56 bits per heavy atom. The average molecular weight is 331 g/mol. The highest BCUT2D eigenvalue weighted by atomic mass is 16.5. The SMILES string of the molecule is COc1ccc(-c2nc(NCc3ccco3)c3ccccc3n2)cc1. The molecule has 0 fully saturated rings. The van der Waals surface area contributed by atoms with Crippen LogP contribution in [0.5, 0.6) is 5.75 Å². The number of nitrogens with zero attached hydrogens (tertiary/aromatic N) is 2. The third-order valence-corrected chi connectivity index (χ3v) is 3.96. The lowest BCUT2D eigenvalue weighted by atomic mass is 10.1. The zero-order chi connectivity index (χ0) is 17.1. The van der Waals surface area contributed by atoms with E-state index in [1.807, 2.05) is 60.7 Å². The molecule has 0 saturated carbocycles. The molecule has 0 unspecified atom stereocenters. The van der Waals surface area contributed by atoms with Crippen molar-refractivity contribution in [1.82, 2.24) is 9.97 Å². The summed E-state index contributed by atoms with van der Waals surface area (Å²) in [5.41, 5.74) is 1.83. The normalized spacial score (nSPS) is 10.8. The van der Waals surface area contributed by atoms with Gasteiger partial charge in [0, 0.05) is 10.9 Å². The highest BCUT2D eigenvalue weighted by molar-refractivity contribution is 5.90. The van der Waals surface area contributed by atoms with Crippen LogP contribution in [0.25, 0.3) is 22.3 Å². The molecular weight excluding hydrogens is 314 g/mol. The molecule has 2 heterocycles. The summed E-state index contributed by atoms with van der Waals surface area (Å²) in [6, 6.07) is 19.5. The van der Waals surface area contributed by atoms with Gasteiger partial charge in [-0.05, 0) is 48.5 Å². The van der Waals surface area contributed by atoms with Gasteiger partial charge >= 0.3 is 0 Å². The number of anilines is 1. The van der Waals surface area contributed by atoms with E-state index in [1.165, 1.54) is 0 Å². The zero-order valence-electron chi connectivity index (χ0n) is 13.8. The summed E-state index contributed by atoms with van der Waals surface area (Å²) in [5, 5.41) is 4.33. The van der Waals surface area contributed by atoms with Crippen LogP contribution >= 0.6 is 0 Å². The first kappa shape index (κ1) is 15.2. The lowest BCUT2D eigenvalue weighted by molar-refractivity contribution is 0.415. The Bertz CT molecular complexity index is 980.